The lowest BCUT2D eigenvalue weighted by Crippen LogP contribution is -2.52. The number of piperidine rings is 2. The Bertz CT molecular complexity index is 335. The smallest absolute Gasteiger partial charge is 0.234 e. The quantitative estimate of drug-likeness (QED) is 0.861. The fraction of sp³-hybridized carbons (Fsp3) is 0.941. The molecule has 1 atom stereocenters. The molecule has 3 fully saturated rings. The van der Waals surface area contributed by atoms with Crippen LogP contribution in [0.25, 0.3) is 0 Å². The predicted octanol–water partition coefficient (Wildman–Crippen LogP) is 2.00. The number of hydrogen-bond acceptors (Lipinski definition) is 3. The maximum absolute atomic E-state index is 12.2. The second-order valence-corrected chi connectivity index (χ2v) is 7.18. The van der Waals surface area contributed by atoms with E-state index in [1.165, 1.54) is 70.9 Å². The van der Waals surface area contributed by atoms with Crippen molar-refractivity contribution in [1.82, 2.24) is 15.1 Å². The van der Waals surface area contributed by atoms with E-state index in [2.05, 4.69) is 15.1 Å². The lowest BCUT2D eigenvalue weighted by Gasteiger charge is -2.40. The number of carbonyl (C=O) groups excluding carboxylic acids is 1. The molecule has 1 amide bonds. The van der Waals surface area contributed by atoms with E-state index in [0.29, 0.717) is 18.6 Å². The van der Waals surface area contributed by atoms with Gasteiger partial charge in [0.15, 0.2) is 0 Å². The average molecular weight is 293 g/mol. The Labute approximate surface area is 129 Å². The third kappa shape index (κ3) is 4.43. The fourth-order valence-electron chi connectivity index (χ4n) is 4.30. The lowest BCUT2D eigenvalue weighted by molar-refractivity contribution is -0.123. The van der Waals surface area contributed by atoms with Crippen molar-refractivity contribution in [2.45, 2.75) is 69.9 Å². The molecule has 1 saturated carbocycles. The number of amides is 1. The minimum Gasteiger partial charge on any atom is -0.352 e. The number of nitrogens with one attached hydrogen (secondary N) is 1. The van der Waals surface area contributed by atoms with Gasteiger partial charge in [0, 0.05) is 18.6 Å². The summed E-state index contributed by atoms with van der Waals surface area (Å²) in [5, 5.41) is 3.23. The maximum Gasteiger partial charge on any atom is 0.234 e. The summed E-state index contributed by atoms with van der Waals surface area (Å²) in [6.07, 6.45) is 11.6. The molecule has 0 aromatic heterocycles. The van der Waals surface area contributed by atoms with Crippen molar-refractivity contribution in [3.63, 3.8) is 0 Å². The van der Waals surface area contributed by atoms with Gasteiger partial charge in [0.05, 0.1) is 6.54 Å². The summed E-state index contributed by atoms with van der Waals surface area (Å²) in [5.74, 6) is 0.251. The van der Waals surface area contributed by atoms with Gasteiger partial charge in [-0.2, -0.15) is 0 Å². The molecular formula is C17H31N3O. The van der Waals surface area contributed by atoms with Crippen LogP contribution in [-0.4, -0.2) is 60.5 Å². The van der Waals surface area contributed by atoms with E-state index in [1.807, 2.05) is 0 Å². The SMILES string of the molecule is O=C(CN1CCCC(N2CCCCC2)C1)NC1CCCC1. The molecule has 2 aliphatic heterocycles. The topological polar surface area (TPSA) is 35.6 Å². The number of likely N-dealkylation sites (tertiary alicyclic amines) is 2. The van der Waals surface area contributed by atoms with Gasteiger partial charge in [0.1, 0.15) is 0 Å². The number of nitrogens with zero attached hydrogens (tertiary/aromatic N) is 2. The van der Waals surface area contributed by atoms with Crippen LogP contribution in [0.1, 0.15) is 57.8 Å². The number of rotatable bonds is 4. The summed E-state index contributed by atoms with van der Waals surface area (Å²) in [7, 11) is 0. The zero-order valence-electron chi connectivity index (χ0n) is 13.4. The second-order valence-electron chi connectivity index (χ2n) is 7.18. The van der Waals surface area contributed by atoms with Crippen LogP contribution in [0, 0.1) is 0 Å². The first kappa shape index (κ1) is 15.3. The Morgan fingerprint density at radius 1 is 0.905 bits per heavy atom. The fourth-order valence-corrected chi connectivity index (χ4v) is 4.30. The van der Waals surface area contributed by atoms with Crippen molar-refractivity contribution >= 4 is 5.91 Å². The van der Waals surface area contributed by atoms with E-state index < -0.39 is 0 Å². The van der Waals surface area contributed by atoms with Gasteiger partial charge in [-0.05, 0) is 58.2 Å². The summed E-state index contributed by atoms with van der Waals surface area (Å²) in [6.45, 7) is 5.35. The number of hydrogen-bond donors (Lipinski definition) is 1. The van der Waals surface area contributed by atoms with Crippen LogP contribution in [0.5, 0.6) is 0 Å². The molecule has 0 aromatic carbocycles. The third-order valence-electron chi connectivity index (χ3n) is 5.48. The highest BCUT2D eigenvalue weighted by Gasteiger charge is 2.27. The second kappa shape index (κ2) is 7.59. The van der Waals surface area contributed by atoms with Gasteiger partial charge in [-0.3, -0.25) is 14.6 Å². The van der Waals surface area contributed by atoms with E-state index in [4.69, 9.17) is 0 Å². The molecule has 1 N–H and O–H groups in total. The maximum atomic E-state index is 12.2. The van der Waals surface area contributed by atoms with Crippen LogP contribution in [0.4, 0.5) is 0 Å². The van der Waals surface area contributed by atoms with Gasteiger partial charge < -0.3 is 5.32 Å². The molecule has 0 radical (unpaired) electrons. The van der Waals surface area contributed by atoms with E-state index in [1.54, 1.807) is 0 Å². The van der Waals surface area contributed by atoms with E-state index >= 15 is 0 Å². The van der Waals surface area contributed by atoms with Crippen LogP contribution in [0.3, 0.4) is 0 Å². The average Bonchev–Trinajstić information content (AvgIpc) is 3.01. The van der Waals surface area contributed by atoms with Gasteiger partial charge in [-0.1, -0.05) is 19.3 Å². The van der Waals surface area contributed by atoms with Gasteiger partial charge in [-0.25, -0.2) is 0 Å². The van der Waals surface area contributed by atoms with Crippen molar-refractivity contribution in [3.8, 4) is 0 Å². The van der Waals surface area contributed by atoms with Crippen LogP contribution in [0.2, 0.25) is 0 Å². The highest BCUT2D eigenvalue weighted by atomic mass is 16.2. The zero-order chi connectivity index (χ0) is 14.5. The van der Waals surface area contributed by atoms with Crippen LogP contribution < -0.4 is 5.32 Å². The first-order valence-corrected chi connectivity index (χ1v) is 9.07. The zero-order valence-corrected chi connectivity index (χ0v) is 13.4. The molecule has 2 saturated heterocycles. The minimum absolute atomic E-state index is 0.251. The van der Waals surface area contributed by atoms with Crippen molar-refractivity contribution in [3.05, 3.63) is 0 Å². The Hall–Kier alpha value is -0.610. The molecule has 0 spiro atoms. The molecule has 120 valence electrons. The normalized spacial score (nSPS) is 29.6. The molecule has 21 heavy (non-hydrogen) atoms. The van der Waals surface area contributed by atoms with Gasteiger partial charge in [-0.15, -0.1) is 0 Å². The van der Waals surface area contributed by atoms with Crippen LogP contribution in [-0.2, 0) is 4.79 Å². The van der Waals surface area contributed by atoms with Crippen molar-refractivity contribution in [2.24, 2.45) is 0 Å². The predicted molar refractivity (Wildman–Crippen MR) is 85.3 cm³/mol. The minimum atomic E-state index is 0.251. The van der Waals surface area contributed by atoms with Gasteiger partial charge in [0.25, 0.3) is 0 Å². The highest BCUT2D eigenvalue weighted by Crippen LogP contribution is 2.20. The molecule has 0 aromatic rings. The van der Waals surface area contributed by atoms with Gasteiger partial charge in [0.2, 0.25) is 5.91 Å². The summed E-state index contributed by atoms with van der Waals surface area (Å²) >= 11 is 0. The summed E-state index contributed by atoms with van der Waals surface area (Å²) in [4.78, 5) is 17.2. The first-order valence-electron chi connectivity index (χ1n) is 9.07. The largest absolute Gasteiger partial charge is 0.352 e. The molecule has 3 aliphatic rings. The molecule has 2 heterocycles. The highest BCUT2D eigenvalue weighted by molar-refractivity contribution is 5.78. The Kier molecular flexibility index (Phi) is 5.53. The lowest BCUT2D eigenvalue weighted by atomic mass is 10.0. The van der Waals surface area contributed by atoms with E-state index in [0.717, 1.165) is 13.1 Å². The molecule has 4 heteroatoms. The Morgan fingerprint density at radius 3 is 2.43 bits per heavy atom. The Balaban J connectivity index is 1.43. The Morgan fingerprint density at radius 2 is 1.67 bits per heavy atom. The summed E-state index contributed by atoms with van der Waals surface area (Å²) < 4.78 is 0. The van der Waals surface area contributed by atoms with E-state index in [-0.39, 0.29) is 5.91 Å². The molecule has 4 nitrogen and oxygen atoms in total. The standard InChI is InChI=1S/C17H31N3O/c21-17(18-15-7-2-3-8-15)14-19-10-6-9-16(13-19)20-11-4-1-5-12-20/h15-16H,1-14H2,(H,18,21). The first-order chi connectivity index (χ1) is 10.3. The molecule has 1 aliphatic carbocycles. The molecule has 0 bridgehead atoms. The van der Waals surface area contributed by atoms with Gasteiger partial charge >= 0.3 is 0 Å². The van der Waals surface area contributed by atoms with E-state index in [9.17, 15) is 4.79 Å². The van der Waals surface area contributed by atoms with Crippen molar-refractivity contribution < 1.29 is 4.79 Å². The summed E-state index contributed by atoms with van der Waals surface area (Å²) in [6, 6.07) is 1.15. The number of carbonyl (C=O) groups is 1. The van der Waals surface area contributed by atoms with Crippen molar-refractivity contribution in [2.75, 3.05) is 32.7 Å². The summed E-state index contributed by atoms with van der Waals surface area (Å²) in [5.41, 5.74) is 0. The van der Waals surface area contributed by atoms with Crippen LogP contribution in [0.15, 0.2) is 0 Å². The molecule has 3 rings (SSSR count). The van der Waals surface area contributed by atoms with Crippen LogP contribution >= 0.6 is 0 Å². The molecular weight excluding hydrogens is 262 g/mol. The molecule has 1 unspecified atom stereocenters. The monoisotopic (exact) mass is 293 g/mol. The van der Waals surface area contributed by atoms with Crippen molar-refractivity contribution in [1.29, 1.82) is 0 Å². The third-order valence-corrected chi connectivity index (χ3v) is 5.48.